The largest absolute Gasteiger partial charge is 0.381 e. The molecular weight excluding hydrogens is 212 g/mol. The van der Waals surface area contributed by atoms with Gasteiger partial charge in [0.2, 0.25) is 0 Å². The maximum atomic E-state index is 5.52. The van der Waals surface area contributed by atoms with E-state index >= 15 is 0 Å². The highest BCUT2D eigenvalue weighted by Crippen LogP contribution is 2.22. The predicted octanol–water partition coefficient (Wildman–Crippen LogP) is 2.21. The van der Waals surface area contributed by atoms with Crippen molar-refractivity contribution >= 4 is 5.82 Å². The van der Waals surface area contributed by atoms with Gasteiger partial charge in [-0.1, -0.05) is 50.3 Å². The highest BCUT2D eigenvalue weighted by molar-refractivity contribution is 5.28. The minimum absolute atomic E-state index is 0.191. The van der Waals surface area contributed by atoms with Crippen LogP contribution in [0.15, 0.2) is 30.5 Å². The summed E-state index contributed by atoms with van der Waals surface area (Å²) in [6, 6.07) is 8.57. The van der Waals surface area contributed by atoms with Crippen molar-refractivity contribution in [1.29, 1.82) is 0 Å². The first kappa shape index (κ1) is 11.6. The fourth-order valence-electron chi connectivity index (χ4n) is 1.69. The van der Waals surface area contributed by atoms with E-state index in [0.29, 0.717) is 12.4 Å². The molecule has 0 fully saturated rings. The Labute approximate surface area is 101 Å². The maximum Gasteiger partial charge on any atom is 0.165 e. The molecule has 90 valence electrons. The Hall–Kier alpha value is -1.84. The molecule has 0 aliphatic rings. The first-order chi connectivity index (χ1) is 7.95. The van der Waals surface area contributed by atoms with Crippen LogP contribution >= 0.6 is 0 Å². The Morgan fingerprint density at radius 2 is 1.82 bits per heavy atom. The summed E-state index contributed by atoms with van der Waals surface area (Å²) in [6.45, 7) is 7.33. The molecule has 0 amide bonds. The Morgan fingerprint density at radius 1 is 1.18 bits per heavy atom. The van der Waals surface area contributed by atoms with E-state index in [9.17, 15) is 0 Å². The van der Waals surface area contributed by atoms with E-state index in [0.717, 1.165) is 0 Å². The molecule has 0 aliphatic heterocycles. The summed E-state index contributed by atoms with van der Waals surface area (Å²) >= 11 is 0. The quantitative estimate of drug-likeness (QED) is 0.860. The summed E-state index contributed by atoms with van der Waals surface area (Å²) in [6.07, 6.45) is 1.73. The Kier molecular flexibility index (Phi) is 2.88. The third kappa shape index (κ3) is 2.84. The van der Waals surface area contributed by atoms with E-state index < -0.39 is 0 Å². The summed E-state index contributed by atoms with van der Waals surface area (Å²) < 4.78 is 1.74. The first-order valence-corrected chi connectivity index (χ1v) is 5.70. The second-order valence-electron chi connectivity index (χ2n) is 5.29. The van der Waals surface area contributed by atoms with Gasteiger partial charge in [-0.3, -0.25) is 0 Å². The molecule has 17 heavy (non-hydrogen) atoms. The van der Waals surface area contributed by atoms with E-state index in [2.05, 4.69) is 55.3 Å². The van der Waals surface area contributed by atoms with Crippen LogP contribution in [0.3, 0.4) is 0 Å². The highest BCUT2D eigenvalue weighted by Gasteiger charge is 2.12. The summed E-state index contributed by atoms with van der Waals surface area (Å²) in [7, 11) is 0. The minimum Gasteiger partial charge on any atom is -0.381 e. The maximum absolute atomic E-state index is 5.52. The topological polar surface area (TPSA) is 56.7 Å². The van der Waals surface area contributed by atoms with Gasteiger partial charge in [0.25, 0.3) is 0 Å². The molecular formula is C13H18N4. The average Bonchev–Trinajstić information content (AvgIpc) is 2.63. The first-order valence-electron chi connectivity index (χ1n) is 5.70. The fourth-order valence-corrected chi connectivity index (χ4v) is 1.69. The summed E-state index contributed by atoms with van der Waals surface area (Å²) in [5.74, 6) is 0.455. The molecule has 0 radical (unpaired) electrons. The average molecular weight is 230 g/mol. The molecule has 2 N–H and O–H groups in total. The van der Waals surface area contributed by atoms with Crippen LogP contribution in [-0.4, -0.2) is 15.0 Å². The molecule has 0 bridgehead atoms. The van der Waals surface area contributed by atoms with Crippen LogP contribution in [0.5, 0.6) is 0 Å². The molecule has 0 spiro atoms. The molecule has 1 aromatic heterocycles. The predicted molar refractivity (Wildman–Crippen MR) is 68.7 cm³/mol. The van der Waals surface area contributed by atoms with E-state index in [-0.39, 0.29) is 5.41 Å². The van der Waals surface area contributed by atoms with Crippen LogP contribution in [0.2, 0.25) is 0 Å². The molecule has 0 saturated heterocycles. The summed E-state index contributed by atoms with van der Waals surface area (Å²) in [5.41, 5.74) is 8.24. The van der Waals surface area contributed by atoms with Gasteiger partial charge in [0.05, 0.1) is 12.7 Å². The molecule has 1 aromatic carbocycles. The third-order valence-electron chi connectivity index (χ3n) is 2.72. The minimum atomic E-state index is 0.191. The zero-order valence-electron chi connectivity index (χ0n) is 10.5. The normalized spacial score (nSPS) is 11.7. The van der Waals surface area contributed by atoms with Crippen molar-refractivity contribution in [1.82, 2.24) is 15.0 Å². The zero-order chi connectivity index (χ0) is 12.5. The van der Waals surface area contributed by atoms with Gasteiger partial charge in [0.1, 0.15) is 0 Å². The number of rotatable bonds is 2. The van der Waals surface area contributed by atoms with Crippen LogP contribution in [0.25, 0.3) is 0 Å². The Bertz CT molecular complexity index is 491. The van der Waals surface area contributed by atoms with Gasteiger partial charge in [-0.15, -0.1) is 5.10 Å². The van der Waals surface area contributed by atoms with E-state index in [1.54, 1.807) is 10.9 Å². The molecule has 2 rings (SSSR count). The van der Waals surface area contributed by atoms with Gasteiger partial charge in [0.15, 0.2) is 5.82 Å². The van der Waals surface area contributed by atoms with Gasteiger partial charge < -0.3 is 5.73 Å². The van der Waals surface area contributed by atoms with Crippen molar-refractivity contribution in [2.45, 2.75) is 32.7 Å². The highest BCUT2D eigenvalue weighted by atomic mass is 15.4. The molecule has 0 atom stereocenters. The second-order valence-corrected chi connectivity index (χ2v) is 5.29. The Morgan fingerprint density at radius 3 is 2.29 bits per heavy atom. The molecule has 2 aromatic rings. The lowest BCUT2D eigenvalue weighted by Gasteiger charge is -2.19. The van der Waals surface area contributed by atoms with Crippen molar-refractivity contribution in [3.8, 4) is 0 Å². The van der Waals surface area contributed by atoms with Crippen LogP contribution in [0, 0.1) is 0 Å². The van der Waals surface area contributed by atoms with Crippen LogP contribution in [0.4, 0.5) is 5.82 Å². The summed E-state index contributed by atoms with van der Waals surface area (Å²) in [5, 5.41) is 7.68. The number of aromatic nitrogens is 3. The molecule has 0 aliphatic carbocycles. The zero-order valence-corrected chi connectivity index (χ0v) is 10.5. The standard InChI is InChI=1S/C13H18N4/c1-13(2,3)11-6-4-10(5-7-11)8-17-9-12(14)15-16-17/h4-7,9H,8,14H2,1-3H3. The van der Waals surface area contributed by atoms with E-state index in [1.807, 2.05) is 0 Å². The molecule has 4 heteroatoms. The van der Waals surface area contributed by atoms with Crippen LogP contribution in [-0.2, 0) is 12.0 Å². The van der Waals surface area contributed by atoms with E-state index in [1.165, 1.54) is 11.1 Å². The number of benzene rings is 1. The van der Waals surface area contributed by atoms with Gasteiger partial charge in [0, 0.05) is 0 Å². The third-order valence-corrected chi connectivity index (χ3v) is 2.72. The van der Waals surface area contributed by atoms with Crippen molar-refractivity contribution in [3.05, 3.63) is 41.6 Å². The van der Waals surface area contributed by atoms with Crippen molar-refractivity contribution < 1.29 is 0 Å². The number of nitrogen functional groups attached to an aromatic ring is 1. The lowest BCUT2D eigenvalue weighted by Crippen LogP contribution is -2.11. The lowest BCUT2D eigenvalue weighted by molar-refractivity contribution is 0.589. The molecule has 0 saturated carbocycles. The number of anilines is 1. The monoisotopic (exact) mass is 230 g/mol. The Balaban J connectivity index is 2.13. The van der Waals surface area contributed by atoms with Gasteiger partial charge in [-0.05, 0) is 16.5 Å². The lowest BCUT2D eigenvalue weighted by atomic mass is 9.87. The summed E-state index contributed by atoms with van der Waals surface area (Å²) in [4.78, 5) is 0. The number of hydrogen-bond donors (Lipinski definition) is 1. The van der Waals surface area contributed by atoms with Crippen LogP contribution < -0.4 is 5.73 Å². The van der Waals surface area contributed by atoms with E-state index in [4.69, 9.17) is 5.73 Å². The second kappa shape index (κ2) is 4.20. The molecule has 0 unspecified atom stereocenters. The van der Waals surface area contributed by atoms with Crippen molar-refractivity contribution in [3.63, 3.8) is 0 Å². The van der Waals surface area contributed by atoms with Crippen molar-refractivity contribution in [2.24, 2.45) is 0 Å². The molecule has 4 nitrogen and oxygen atoms in total. The molecule has 1 heterocycles. The number of hydrogen-bond acceptors (Lipinski definition) is 3. The van der Waals surface area contributed by atoms with Gasteiger partial charge >= 0.3 is 0 Å². The smallest absolute Gasteiger partial charge is 0.165 e. The van der Waals surface area contributed by atoms with Gasteiger partial charge in [-0.2, -0.15) is 0 Å². The number of nitrogens with two attached hydrogens (primary N) is 1. The SMILES string of the molecule is CC(C)(C)c1ccc(Cn2cc(N)nn2)cc1. The number of nitrogens with zero attached hydrogens (tertiary/aromatic N) is 3. The fraction of sp³-hybridized carbons (Fsp3) is 0.385. The van der Waals surface area contributed by atoms with Gasteiger partial charge in [-0.25, -0.2) is 4.68 Å². The van der Waals surface area contributed by atoms with Crippen LogP contribution in [0.1, 0.15) is 31.9 Å². The van der Waals surface area contributed by atoms with Crippen molar-refractivity contribution in [2.75, 3.05) is 5.73 Å².